The van der Waals surface area contributed by atoms with Crippen molar-refractivity contribution in [1.29, 1.82) is 0 Å². The predicted octanol–water partition coefficient (Wildman–Crippen LogP) is 4.60. The molecule has 2 rings (SSSR count). The average molecular weight is 263 g/mol. The van der Waals surface area contributed by atoms with Gasteiger partial charge in [-0.05, 0) is 36.8 Å². The smallest absolute Gasteiger partial charge is 0.0677 e. The van der Waals surface area contributed by atoms with Gasteiger partial charge < -0.3 is 0 Å². The van der Waals surface area contributed by atoms with Gasteiger partial charge in [0.15, 0.2) is 11.0 Å². The molecule has 0 heterocycles. The van der Waals surface area contributed by atoms with Crippen molar-refractivity contribution in [1.82, 2.24) is 0 Å². The van der Waals surface area contributed by atoms with E-state index >= 15 is 0 Å². The molecule has 18 heavy (non-hydrogen) atoms. The third kappa shape index (κ3) is 3.01. The molecule has 0 radical (unpaired) electrons. The van der Waals surface area contributed by atoms with Crippen LogP contribution in [0.1, 0.15) is 40.0 Å². The summed E-state index contributed by atoms with van der Waals surface area (Å²) in [4.78, 5) is 0. The monoisotopic (exact) mass is 263 g/mol. The molecule has 1 fully saturated rings. The predicted molar refractivity (Wildman–Crippen MR) is 78.8 cm³/mol. The molecule has 0 N–H and O–H groups in total. The van der Waals surface area contributed by atoms with Crippen LogP contribution in [0.25, 0.3) is 0 Å². The second-order valence-corrected chi connectivity index (χ2v) is 7.89. The molecule has 1 nitrogen and oxygen atoms in total. The third-order valence-electron chi connectivity index (χ3n) is 4.30. The highest BCUT2D eigenvalue weighted by Gasteiger charge is 2.43. The highest BCUT2D eigenvalue weighted by atomic mass is 31.1. The molecule has 2 heteroatoms. The normalized spacial score (nSPS) is 29.3. The van der Waals surface area contributed by atoms with Gasteiger partial charge in [0.25, 0.3) is 0 Å². The Kier molecular flexibility index (Phi) is 4.56. The largest absolute Gasteiger partial charge is 0.380 e. The van der Waals surface area contributed by atoms with Gasteiger partial charge in [-0.2, -0.15) is 0 Å². The third-order valence-corrected chi connectivity index (χ3v) is 6.30. The van der Waals surface area contributed by atoms with Crippen LogP contribution >= 0.6 is 7.80 Å². The van der Waals surface area contributed by atoms with E-state index in [1.807, 2.05) is 30.3 Å². The average Bonchev–Trinajstić information content (AvgIpc) is 2.38. The molecular formula is C16H24OP+. The Balaban J connectivity index is 2.20. The van der Waals surface area contributed by atoms with Gasteiger partial charge in [-0.15, -0.1) is 0 Å². The van der Waals surface area contributed by atoms with Crippen molar-refractivity contribution in [3.63, 3.8) is 0 Å². The van der Waals surface area contributed by atoms with Crippen molar-refractivity contribution in [2.24, 2.45) is 17.8 Å². The van der Waals surface area contributed by atoms with Crippen LogP contribution in [0, 0.1) is 17.8 Å². The lowest BCUT2D eigenvalue weighted by molar-refractivity contribution is 0.239. The molecule has 0 bridgehead atoms. The Morgan fingerprint density at radius 2 is 1.83 bits per heavy atom. The maximum Gasteiger partial charge on any atom is 0.380 e. The van der Waals surface area contributed by atoms with Gasteiger partial charge in [0.05, 0.1) is 0 Å². The number of hydrogen-bond donors (Lipinski definition) is 0. The molecule has 98 valence electrons. The fraction of sp³-hybridized carbons (Fsp3) is 0.625. The molecule has 1 aliphatic carbocycles. The van der Waals surface area contributed by atoms with Crippen molar-refractivity contribution in [2.75, 3.05) is 0 Å². The first kappa shape index (κ1) is 13.7. The van der Waals surface area contributed by atoms with Crippen molar-refractivity contribution < 1.29 is 4.57 Å². The Morgan fingerprint density at radius 3 is 2.44 bits per heavy atom. The quantitative estimate of drug-likeness (QED) is 0.728. The number of benzene rings is 1. The zero-order chi connectivity index (χ0) is 13.1. The van der Waals surface area contributed by atoms with Crippen LogP contribution in [-0.2, 0) is 4.57 Å². The maximum atomic E-state index is 12.8. The van der Waals surface area contributed by atoms with Crippen LogP contribution in [0.15, 0.2) is 30.3 Å². The number of hydrogen-bond acceptors (Lipinski definition) is 1. The Labute approximate surface area is 112 Å². The molecule has 0 saturated heterocycles. The van der Waals surface area contributed by atoms with Gasteiger partial charge in [0.1, 0.15) is 0 Å². The molecule has 1 aromatic carbocycles. The summed E-state index contributed by atoms with van der Waals surface area (Å²) >= 11 is 0. The van der Waals surface area contributed by atoms with E-state index in [4.69, 9.17) is 0 Å². The van der Waals surface area contributed by atoms with Crippen molar-refractivity contribution in [2.45, 2.75) is 45.7 Å². The molecule has 4 atom stereocenters. The summed E-state index contributed by atoms with van der Waals surface area (Å²) in [5.74, 6) is 2.00. The van der Waals surface area contributed by atoms with E-state index in [1.54, 1.807) is 0 Å². The van der Waals surface area contributed by atoms with Crippen molar-refractivity contribution >= 4 is 13.1 Å². The maximum absolute atomic E-state index is 12.8. The van der Waals surface area contributed by atoms with Crippen LogP contribution in [-0.4, -0.2) is 5.66 Å². The van der Waals surface area contributed by atoms with E-state index in [-0.39, 0.29) is 0 Å². The zero-order valence-electron chi connectivity index (χ0n) is 11.7. The lowest BCUT2D eigenvalue weighted by atomic mass is 9.77. The van der Waals surface area contributed by atoms with Gasteiger partial charge in [0, 0.05) is 5.92 Å². The molecule has 0 amide bonds. The lowest BCUT2D eigenvalue weighted by Crippen LogP contribution is -2.31. The first-order valence-electron chi connectivity index (χ1n) is 7.11. The van der Waals surface area contributed by atoms with E-state index in [0.29, 0.717) is 17.5 Å². The Morgan fingerprint density at radius 1 is 1.17 bits per heavy atom. The SMILES string of the molecule is CC1CCC(C(C)C)C([P+](=O)c2ccccc2)C1. The van der Waals surface area contributed by atoms with Crippen molar-refractivity contribution in [3.8, 4) is 0 Å². The summed E-state index contributed by atoms with van der Waals surface area (Å²) in [6, 6.07) is 10.0. The second kappa shape index (κ2) is 5.97. The molecule has 1 aliphatic rings. The van der Waals surface area contributed by atoms with Gasteiger partial charge in [-0.1, -0.05) is 50.0 Å². The minimum absolute atomic E-state index is 0.381. The summed E-state index contributed by atoms with van der Waals surface area (Å²) in [6.45, 7) is 6.86. The van der Waals surface area contributed by atoms with E-state index in [0.717, 1.165) is 17.6 Å². The molecule has 0 aliphatic heterocycles. The van der Waals surface area contributed by atoms with Gasteiger partial charge in [-0.25, -0.2) is 0 Å². The summed E-state index contributed by atoms with van der Waals surface area (Å²) in [7, 11) is -1.24. The Hall–Kier alpha value is -0.680. The molecule has 1 saturated carbocycles. The van der Waals surface area contributed by atoms with E-state index in [2.05, 4.69) is 20.8 Å². The first-order chi connectivity index (χ1) is 8.59. The lowest BCUT2D eigenvalue weighted by Gasteiger charge is -2.31. The highest BCUT2D eigenvalue weighted by molar-refractivity contribution is 7.54. The van der Waals surface area contributed by atoms with Crippen LogP contribution < -0.4 is 5.30 Å². The van der Waals surface area contributed by atoms with Crippen LogP contribution in [0.4, 0.5) is 0 Å². The highest BCUT2D eigenvalue weighted by Crippen LogP contribution is 2.45. The fourth-order valence-corrected chi connectivity index (χ4v) is 5.43. The van der Waals surface area contributed by atoms with Gasteiger partial charge in [-0.3, -0.25) is 0 Å². The van der Waals surface area contributed by atoms with E-state index < -0.39 is 7.80 Å². The minimum atomic E-state index is -1.24. The van der Waals surface area contributed by atoms with E-state index in [9.17, 15) is 4.57 Å². The van der Waals surface area contributed by atoms with Crippen LogP contribution in [0.2, 0.25) is 0 Å². The fourth-order valence-electron chi connectivity index (χ4n) is 3.19. The zero-order valence-corrected chi connectivity index (χ0v) is 12.6. The van der Waals surface area contributed by atoms with Gasteiger partial charge >= 0.3 is 7.80 Å². The van der Waals surface area contributed by atoms with Crippen LogP contribution in [0.3, 0.4) is 0 Å². The molecule has 4 unspecified atom stereocenters. The van der Waals surface area contributed by atoms with Crippen molar-refractivity contribution in [3.05, 3.63) is 30.3 Å². The topological polar surface area (TPSA) is 17.1 Å². The first-order valence-corrected chi connectivity index (χ1v) is 8.44. The molecule has 0 spiro atoms. The summed E-state index contributed by atoms with van der Waals surface area (Å²) in [6.07, 6.45) is 3.68. The number of rotatable bonds is 3. The van der Waals surface area contributed by atoms with Crippen LogP contribution in [0.5, 0.6) is 0 Å². The summed E-state index contributed by atoms with van der Waals surface area (Å²) in [5.41, 5.74) is 0.381. The molecule has 1 aromatic rings. The molecular weight excluding hydrogens is 239 g/mol. The second-order valence-electron chi connectivity index (χ2n) is 6.05. The summed E-state index contributed by atoms with van der Waals surface area (Å²) < 4.78 is 12.8. The van der Waals surface area contributed by atoms with E-state index in [1.165, 1.54) is 12.8 Å². The Bertz CT molecular complexity index is 399. The minimum Gasteiger partial charge on any atom is -0.0677 e. The van der Waals surface area contributed by atoms with Gasteiger partial charge in [0.2, 0.25) is 0 Å². The molecule has 0 aromatic heterocycles. The standard InChI is InChI=1S/C16H24OP/c1-12(2)15-10-9-13(3)11-16(15)18(17)14-7-5-4-6-8-14/h4-8,12-13,15-16H,9-11H2,1-3H3/q+1. The summed E-state index contributed by atoms with van der Waals surface area (Å²) in [5, 5.41) is 1.04.